The number of aromatic hydroxyl groups is 2. The fraction of sp³-hybridized carbons (Fsp3) is 0.148. The van der Waals surface area contributed by atoms with Gasteiger partial charge in [0.05, 0.1) is 19.3 Å². The molecule has 0 aliphatic heterocycles. The van der Waals surface area contributed by atoms with Crippen LogP contribution < -0.4 is 10.2 Å². The highest BCUT2D eigenvalue weighted by Crippen LogP contribution is 2.41. The average Bonchev–Trinajstić information content (AvgIpc) is 3.48. The van der Waals surface area contributed by atoms with Gasteiger partial charge in [0, 0.05) is 22.5 Å². The first-order valence-electron chi connectivity index (χ1n) is 11.4. The molecule has 5 aromatic rings. The van der Waals surface area contributed by atoms with Crippen molar-refractivity contribution in [2.75, 3.05) is 13.7 Å². The van der Waals surface area contributed by atoms with Crippen molar-refractivity contribution < 1.29 is 28.9 Å². The standard InChI is InChI=1S/C27H23N3O7/c1-4-36-27(34)22-20(15-7-5-6-8-16(15)28-22)26-29-21(14-9-10-17(31)19(12-14)35-3)23(30-26)25-24(33)18(32)11-13(2)37-25/h5-12,28,31,33H,4H2,1-3H3,(H,29,30). The van der Waals surface area contributed by atoms with Crippen LogP contribution in [0.4, 0.5) is 0 Å². The minimum absolute atomic E-state index is 0.0743. The molecule has 188 valence electrons. The molecule has 0 saturated carbocycles. The van der Waals surface area contributed by atoms with Gasteiger partial charge in [-0.25, -0.2) is 9.78 Å². The van der Waals surface area contributed by atoms with Crippen molar-refractivity contribution in [1.82, 2.24) is 15.0 Å². The average molecular weight is 501 g/mol. The highest BCUT2D eigenvalue weighted by molar-refractivity contribution is 6.07. The first-order valence-corrected chi connectivity index (χ1v) is 11.4. The number of methoxy groups -OCH3 is 1. The SMILES string of the molecule is CCOC(=O)c1[nH]c2ccccc2c1-c1nc(-c2ccc(O)c(OC)c2)c(-c2oc(C)cc(=O)c2O)[nH]1. The van der Waals surface area contributed by atoms with E-state index in [1.54, 1.807) is 26.0 Å². The van der Waals surface area contributed by atoms with Crippen molar-refractivity contribution in [3.63, 3.8) is 0 Å². The second-order valence-corrected chi connectivity index (χ2v) is 8.24. The van der Waals surface area contributed by atoms with Crippen molar-refractivity contribution in [3.8, 4) is 51.3 Å². The number of esters is 1. The largest absolute Gasteiger partial charge is 0.504 e. The Kier molecular flexibility index (Phi) is 5.92. The van der Waals surface area contributed by atoms with E-state index >= 15 is 0 Å². The number of imidazole rings is 1. The zero-order chi connectivity index (χ0) is 26.3. The van der Waals surface area contributed by atoms with Crippen molar-refractivity contribution in [2.24, 2.45) is 0 Å². The number of phenols is 1. The lowest BCUT2D eigenvalue weighted by molar-refractivity contribution is 0.0521. The number of rotatable bonds is 6. The fourth-order valence-corrected chi connectivity index (χ4v) is 4.21. The number of carbonyl (C=O) groups is 1. The summed E-state index contributed by atoms with van der Waals surface area (Å²) < 4.78 is 16.3. The van der Waals surface area contributed by atoms with Gasteiger partial charge in [0.2, 0.25) is 11.2 Å². The van der Waals surface area contributed by atoms with E-state index in [4.69, 9.17) is 18.9 Å². The topological polar surface area (TPSA) is 151 Å². The molecule has 0 radical (unpaired) electrons. The van der Waals surface area contributed by atoms with Crippen LogP contribution in [0.15, 0.2) is 57.7 Å². The van der Waals surface area contributed by atoms with Crippen LogP contribution in [0.2, 0.25) is 0 Å². The Bertz CT molecular complexity index is 1710. The Morgan fingerprint density at radius 2 is 1.89 bits per heavy atom. The van der Waals surface area contributed by atoms with Gasteiger partial charge in [-0.1, -0.05) is 18.2 Å². The third-order valence-corrected chi connectivity index (χ3v) is 5.85. The second kappa shape index (κ2) is 9.23. The van der Waals surface area contributed by atoms with Crippen LogP contribution in [0.25, 0.3) is 45.0 Å². The highest BCUT2D eigenvalue weighted by atomic mass is 16.5. The summed E-state index contributed by atoms with van der Waals surface area (Å²) >= 11 is 0. The van der Waals surface area contributed by atoms with Crippen LogP contribution >= 0.6 is 0 Å². The van der Waals surface area contributed by atoms with Gasteiger partial charge in [-0.2, -0.15) is 0 Å². The summed E-state index contributed by atoms with van der Waals surface area (Å²) in [6.07, 6.45) is 0. The van der Waals surface area contributed by atoms with Gasteiger partial charge < -0.3 is 34.1 Å². The number of nitrogens with one attached hydrogen (secondary N) is 2. The third-order valence-electron chi connectivity index (χ3n) is 5.85. The minimum atomic E-state index is -0.622. The molecule has 37 heavy (non-hydrogen) atoms. The summed E-state index contributed by atoms with van der Waals surface area (Å²) in [6.45, 7) is 3.48. The molecule has 0 atom stereocenters. The Morgan fingerprint density at radius 3 is 2.65 bits per heavy atom. The molecule has 0 unspecified atom stereocenters. The molecular formula is C27H23N3O7. The molecule has 5 rings (SSSR count). The van der Waals surface area contributed by atoms with E-state index in [1.807, 2.05) is 24.3 Å². The molecule has 2 aromatic carbocycles. The molecule has 0 fully saturated rings. The molecule has 0 aliphatic carbocycles. The number of aryl methyl sites for hydroxylation is 1. The van der Waals surface area contributed by atoms with E-state index in [1.165, 1.54) is 19.2 Å². The summed E-state index contributed by atoms with van der Waals surface area (Å²) in [5.41, 5.74) is 1.68. The molecule has 10 heteroatoms. The summed E-state index contributed by atoms with van der Waals surface area (Å²) in [5.74, 6) is -0.620. The number of aromatic nitrogens is 3. The molecule has 3 aromatic heterocycles. The molecular weight excluding hydrogens is 478 g/mol. The first-order chi connectivity index (χ1) is 17.8. The number of benzene rings is 2. The number of phenolic OH excluding ortho intramolecular Hbond substituents is 1. The van der Waals surface area contributed by atoms with E-state index in [9.17, 15) is 19.8 Å². The van der Waals surface area contributed by atoms with Crippen LogP contribution in [-0.2, 0) is 4.74 Å². The van der Waals surface area contributed by atoms with Crippen LogP contribution in [0.5, 0.6) is 17.2 Å². The maximum absolute atomic E-state index is 12.9. The van der Waals surface area contributed by atoms with Gasteiger partial charge >= 0.3 is 5.97 Å². The van der Waals surface area contributed by atoms with Crippen LogP contribution in [-0.4, -0.2) is 44.9 Å². The van der Waals surface area contributed by atoms with Gasteiger partial charge in [0.25, 0.3) is 0 Å². The predicted octanol–water partition coefficient (Wildman–Crippen LogP) is 4.75. The summed E-state index contributed by atoms with van der Waals surface area (Å²) in [4.78, 5) is 36.3. The quantitative estimate of drug-likeness (QED) is 0.243. The third kappa shape index (κ3) is 4.08. The lowest BCUT2D eigenvalue weighted by Gasteiger charge is -2.08. The lowest BCUT2D eigenvalue weighted by atomic mass is 10.1. The normalized spacial score (nSPS) is 11.1. The number of H-pyrrole nitrogens is 2. The van der Waals surface area contributed by atoms with Crippen molar-refractivity contribution in [2.45, 2.75) is 13.8 Å². The molecule has 0 aliphatic rings. The number of aromatic amines is 2. The van der Waals surface area contributed by atoms with Gasteiger partial charge in [0.1, 0.15) is 28.7 Å². The van der Waals surface area contributed by atoms with Gasteiger partial charge in [-0.15, -0.1) is 0 Å². The summed E-state index contributed by atoms with van der Waals surface area (Å²) in [6, 6.07) is 13.1. The molecule has 0 spiro atoms. The van der Waals surface area contributed by atoms with Crippen molar-refractivity contribution in [3.05, 3.63) is 70.2 Å². The maximum Gasteiger partial charge on any atom is 0.355 e. The van der Waals surface area contributed by atoms with Crippen LogP contribution in [0.1, 0.15) is 23.2 Å². The Hall–Kier alpha value is -4.99. The molecule has 3 heterocycles. The molecule has 4 N–H and O–H groups in total. The fourth-order valence-electron chi connectivity index (χ4n) is 4.21. The maximum atomic E-state index is 12.9. The number of hydrogen-bond donors (Lipinski definition) is 4. The Labute approximate surface area is 210 Å². The van der Waals surface area contributed by atoms with E-state index in [-0.39, 0.29) is 52.5 Å². The summed E-state index contributed by atoms with van der Waals surface area (Å²) in [7, 11) is 1.42. The van der Waals surface area contributed by atoms with Gasteiger partial charge in [-0.05, 0) is 38.1 Å². The monoisotopic (exact) mass is 501 g/mol. The van der Waals surface area contributed by atoms with Gasteiger partial charge in [-0.3, -0.25) is 4.79 Å². The molecule has 0 saturated heterocycles. The van der Waals surface area contributed by atoms with Gasteiger partial charge in [0.15, 0.2) is 17.3 Å². The number of nitrogens with zero attached hydrogens (tertiary/aromatic N) is 1. The van der Waals surface area contributed by atoms with E-state index in [0.29, 0.717) is 22.0 Å². The predicted molar refractivity (Wildman–Crippen MR) is 136 cm³/mol. The minimum Gasteiger partial charge on any atom is -0.504 e. The van der Waals surface area contributed by atoms with Crippen molar-refractivity contribution >= 4 is 16.9 Å². The first kappa shape index (κ1) is 23.7. The van der Waals surface area contributed by atoms with Crippen molar-refractivity contribution in [1.29, 1.82) is 0 Å². The van der Waals surface area contributed by atoms with E-state index < -0.39 is 17.1 Å². The Balaban J connectivity index is 1.83. The smallest absolute Gasteiger partial charge is 0.355 e. The molecule has 10 nitrogen and oxygen atoms in total. The molecule has 0 bridgehead atoms. The number of para-hydroxylation sites is 1. The number of fused-ring (bicyclic) bond motifs is 1. The Morgan fingerprint density at radius 1 is 1.11 bits per heavy atom. The van der Waals surface area contributed by atoms with Crippen LogP contribution in [0.3, 0.4) is 0 Å². The number of carbonyl (C=O) groups excluding carboxylic acids is 1. The van der Waals surface area contributed by atoms with E-state index in [0.717, 1.165) is 0 Å². The second-order valence-electron chi connectivity index (χ2n) is 8.24. The highest BCUT2D eigenvalue weighted by Gasteiger charge is 2.27. The van der Waals surface area contributed by atoms with E-state index in [2.05, 4.69) is 9.97 Å². The molecule has 0 amide bonds. The lowest BCUT2D eigenvalue weighted by Crippen LogP contribution is -2.06. The summed E-state index contributed by atoms with van der Waals surface area (Å²) in [5, 5.41) is 21.4. The zero-order valence-corrected chi connectivity index (χ0v) is 20.2. The number of hydrogen-bond acceptors (Lipinski definition) is 8. The van der Waals surface area contributed by atoms with Crippen LogP contribution in [0, 0.1) is 6.92 Å². The number of ether oxygens (including phenoxy) is 2. The zero-order valence-electron chi connectivity index (χ0n) is 20.2.